The van der Waals surface area contributed by atoms with E-state index in [0.29, 0.717) is 13.0 Å². The summed E-state index contributed by atoms with van der Waals surface area (Å²) in [6.45, 7) is 4.37. The van der Waals surface area contributed by atoms with Gasteiger partial charge in [-0.15, -0.1) is 0 Å². The lowest BCUT2D eigenvalue weighted by Crippen LogP contribution is -2.03. The lowest BCUT2D eigenvalue weighted by molar-refractivity contribution is -0.142. The molecule has 0 saturated carbocycles. The van der Waals surface area contributed by atoms with E-state index in [2.05, 4.69) is 6.92 Å². The molecule has 0 N–H and O–H groups in total. The van der Waals surface area contributed by atoms with Gasteiger partial charge in [-0.1, -0.05) is 25.5 Å². The van der Waals surface area contributed by atoms with E-state index < -0.39 is 0 Å². The van der Waals surface area contributed by atoms with Gasteiger partial charge in [-0.25, -0.2) is 0 Å². The number of carbonyl (C=O) groups is 1. The van der Waals surface area contributed by atoms with Crippen LogP contribution in [0.4, 0.5) is 0 Å². The Morgan fingerprint density at radius 3 is 2.82 bits per heavy atom. The molecule has 0 spiro atoms. The molecule has 0 aliphatic rings. The van der Waals surface area contributed by atoms with Crippen LogP contribution in [0.2, 0.25) is 0 Å². The highest BCUT2D eigenvalue weighted by Crippen LogP contribution is 1.95. The lowest BCUT2D eigenvalue weighted by Gasteiger charge is -1.99. The number of unbranched alkanes of at least 4 members (excludes halogenated alkanes) is 1. The van der Waals surface area contributed by atoms with Crippen molar-refractivity contribution in [2.24, 2.45) is 0 Å². The van der Waals surface area contributed by atoms with Gasteiger partial charge in [0.1, 0.15) is 6.61 Å². The highest BCUT2D eigenvalue weighted by Gasteiger charge is 1.98. The van der Waals surface area contributed by atoms with Crippen molar-refractivity contribution in [2.75, 3.05) is 6.61 Å². The fraction of sp³-hybridized carbons (Fsp3) is 0.667. The molecule has 0 aromatic carbocycles. The Morgan fingerprint density at radius 1 is 1.55 bits per heavy atom. The van der Waals surface area contributed by atoms with Crippen LogP contribution < -0.4 is 0 Å². The summed E-state index contributed by atoms with van der Waals surface area (Å²) in [4.78, 5) is 10.8. The van der Waals surface area contributed by atoms with Crippen LogP contribution in [-0.4, -0.2) is 12.6 Å². The minimum absolute atomic E-state index is 0.0926. The van der Waals surface area contributed by atoms with Gasteiger partial charge < -0.3 is 4.74 Å². The predicted molar refractivity (Wildman–Crippen MR) is 45.3 cm³/mol. The molecule has 0 heterocycles. The molecule has 0 bridgehead atoms. The minimum atomic E-state index is -0.0926. The largest absolute Gasteiger partial charge is 0.461 e. The molecule has 2 nitrogen and oxygen atoms in total. The van der Waals surface area contributed by atoms with Crippen LogP contribution in [0.1, 0.15) is 33.1 Å². The number of carbonyl (C=O) groups excluding carboxylic acids is 1. The summed E-state index contributed by atoms with van der Waals surface area (Å²) in [7, 11) is 0. The molecule has 0 aliphatic heterocycles. The second-order valence-corrected chi connectivity index (χ2v) is 2.36. The molecule has 0 amide bonds. The van der Waals surface area contributed by atoms with E-state index in [9.17, 15) is 4.79 Å². The van der Waals surface area contributed by atoms with Gasteiger partial charge in [-0.05, 0) is 13.3 Å². The molecule has 0 aliphatic carbocycles. The van der Waals surface area contributed by atoms with Crippen LogP contribution in [-0.2, 0) is 9.53 Å². The molecule has 0 aromatic rings. The topological polar surface area (TPSA) is 26.3 Å². The quantitative estimate of drug-likeness (QED) is 0.451. The van der Waals surface area contributed by atoms with Crippen molar-refractivity contribution in [1.29, 1.82) is 0 Å². The molecule has 0 unspecified atom stereocenters. The van der Waals surface area contributed by atoms with Crippen molar-refractivity contribution in [3.05, 3.63) is 12.2 Å². The third-order valence-corrected chi connectivity index (χ3v) is 1.31. The van der Waals surface area contributed by atoms with E-state index in [-0.39, 0.29) is 5.97 Å². The molecule has 64 valence electrons. The van der Waals surface area contributed by atoms with Crippen LogP contribution in [0, 0.1) is 0 Å². The predicted octanol–water partition coefficient (Wildman–Crippen LogP) is 2.30. The van der Waals surface area contributed by atoms with Gasteiger partial charge in [0.05, 0.1) is 0 Å². The van der Waals surface area contributed by atoms with Gasteiger partial charge in [0.25, 0.3) is 0 Å². The maximum Gasteiger partial charge on any atom is 0.306 e. The van der Waals surface area contributed by atoms with Crippen molar-refractivity contribution in [3.63, 3.8) is 0 Å². The average Bonchev–Trinajstić information content (AvgIpc) is 2.01. The first kappa shape index (κ1) is 10.2. The molecule has 0 radical (unpaired) electrons. The van der Waals surface area contributed by atoms with Crippen molar-refractivity contribution in [3.8, 4) is 0 Å². The van der Waals surface area contributed by atoms with E-state index >= 15 is 0 Å². The zero-order valence-corrected chi connectivity index (χ0v) is 7.30. The third kappa shape index (κ3) is 7.10. The summed E-state index contributed by atoms with van der Waals surface area (Å²) in [5.74, 6) is -0.0926. The normalized spacial score (nSPS) is 10.4. The number of allylic oxidation sites excluding steroid dienone is 1. The minimum Gasteiger partial charge on any atom is -0.461 e. The second kappa shape index (κ2) is 7.32. The molecule has 11 heavy (non-hydrogen) atoms. The summed E-state index contributed by atoms with van der Waals surface area (Å²) in [5.41, 5.74) is 0. The fourth-order valence-corrected chi connectivity index (χ4v) is 0.631. The number of ether oxygens (including phenoxy) is 1. The first-order valence-electron chi connectivity index (χ1n) is 4.08. The molecule has 2 heteroatoms. The molecule has 0 rings (SSSR count). The zero-order valence-electron chi connectivity index (χ0n) is 7.30. The fourth-order valence-electron chi connectivity index (χ4n) is 0.631. The van der Waals surface area contributed by atoms with E-state index in [0.717, 1.165) is 12.8 Å². The van der Waals surface area contributed by atoms with Gasteiger partial charge in [-0.3, -0.25) is 4.79 Å². The average molecular weight is 156 g/mol. The SMILES string of the molecule is CC=CCOC(=O)CCCC. The smallest absolute Gasteiger partial charge is 0.306 e. The van der Waals surface area contributed by atoms with E-state index in [1.165, 1.54) is 0 Å². The van der Waals surface area contributed by atoms with Crippen molar-refractivity contribution in [1.82, 2.24) is 0 Å². The summed E-state index contributed by atoms with van der Waals surface area (Å²) in [5, 5.41) is 0. The maximum atomic E-state index is 10.8. The highest BCUT2D eigenvalue weighted by molar-refractivity contribution is 5.69. The Hall–Kier alpha value is -0.790. The maximum absolute atomic E-state index is 10.8. The number of esters is 1. The second-order valence-electron chi connectivity index (χ2n) is 2.36. The van der Waals surface area contributed by atoms with Crippen molar-refractivity contribution < 1.29 is 9.53 Å². The Morgan fingerprint density at radius 2 is 2.27 bits per heavy atom. The van der Waals surface area contributed by atoms with Crippen LogP contribution in [0.5, 0.6) is 0 Å². The molecular formula is C9H16O2. The van der Waals surface area contributed by atoms with Gasteiger partial charge >= 0.3 is 5.97 Å². The van der Waals surface area contributed by atoms with E-state index in [4.69, 9.17) is 4.74 Å². The molecule has 0 atom stereocenters. The Balaban J connectivity index is 3.22. The molecular weight excluding hydrogens is 140 g/mol. The first-order valence-corrected chi connectivity index (χ1v) is 4.08. The monoisotopic (exact) mass is 156 g/mol. The standard InChI is InChI=1S/C9H16O2/c1-3-5-7-9(10)11-8-6-4-2/h4,6H,3,5,7-8H2,1-2H3. The summed E-state index contributed by atoms with van der Waals surface area (Å²) in [6, 6.07) is 0. The first-order chi connectivity index (χ1) is 5.31. The summed E-state index contributed by atoms with van der Waals surface area (Å²) < 4.78 is 4.86. The summed E-state index contributed by atoms with van der Waals surface area (Å²) >= 11 is 0. The van der Waals surface area contributed by atoms with Crippen LogP contribution >= 0.6 is 0 Å². The van der Waals surface area contributed by atoms with Crippen LogP contribution in [0.25, 0.3) is 0 Å². The third-order valence-electron chi connectivity index (χ3n) is 1.31. The highest BCUT2D eigenvalue weighted by atomic mass is 16.5. The zero-order chi connectivity index (χ0) is 8.53. The van der Waals surface area contributed by atoms with E-state index in [1.807, 2.05) is 19.1 Å². The van der Waals surface area contributed by atoms with E-state index in [1.54, 1.807) is 0 Å². The summed E-state index contributed by atoms with van der Waals surface area (Å²) in [6.07, 6.45) is 6.21. The van der Waals surface area contributed by atoms with Crippen molar-refractivity contribution >= 4 is 5.97 Å². The Labute approximate surface area is 68.2 Å². The van der Waals surface area contributed by atoms with Crippen LogP contribution in [0.3, 0.4) is 0 Å². The van der Waals surface area contributed by atoms with Crippen LogP contribution in [0.15, 0.2) is 12.2 Å². The molecule has 0 fully saturated rings. The van der Waals surface area contributed by atoms with Gasteiger partial charge in [0.15, 0.2) is 0 Å². The van der Waals surface area contributed by atoms with Gasteiger partial charge in [0, 0.05) is 6.42 Å². The number of hydrogen-bond acceptors (Lipinski definition) is 2. The number of hydrogen-bond donors (Lipinski definition) is 0. The molecule has 0 saturated heterocycles. The van der Waals surface area contributed by atoms with Gasteiger partial charge in [0.2, 0.25) is 0 Å². The van der Waals surface area contributed by atoms with Gasteiger partial charge in [-0.2, -0.15) is 0 Å². The number of rotatable bonds is 5. The molecule has 0 aromatic heterocycles. The van der Waals surface area contributed by atoms with Crippen molar-refractivity contribution in [2.45, 2.75) is 33.1 Å². The lowest BCUT2D eigenvalue weighted by atomic mass is 10.2. The Kier molecular flexibility index (Phi) is 6.79. The Bertz CT molecular complexity index is 128.